The van der Waals surface area contributed by atoms with Gasteiger partial charge in [0.1, 0.15) is 6.29 Å². The molecule has 0 aliphatic heterocycles. The Morgan fingerprint density at radius 3 is 2.69 bits per heavy atom. The molecule has 0 spiro atoms. The third-order valence-corrected chi connectivity index (χ3v) is 2.88. The largest absolute Gasteiger partial charge is 0.342 e. The van der Waals surface area contributed by atoms with Crippen LogP contribution >= 0.6 is 0 Å². The van der Waals surface area contributed by atoms with Crippen LogP contribution in [0.25, 0.3) is 10.9 Å². The first-order valence-electron chi connectivity index (χ1n) is 5.67. The number of rotatable bonds is 3. The van der Waals surface area contributed by atoms with E-state index in [0.717, 1.165) is 12.0 Å². The van der Waals surface area contributed by atoms with Crippen molar-refractivity contribution in [2.24, 2.45) is 0 Å². The molecule has 0 atom stereocenters. The Morgan fingerprint density at radius 2 is 2.06 bits per heavy atom. The third kappa shape index (κ3) is 1.75. The lowest BCUT2D eigenvalue weighted by Crippen LogP contribution is -2.05. The minimum absolute atomic E-state index is 0.384. The van der Waals surface area contributed by atoms with Crippen molar-refractivity contribution in [1.82, 2.24) is 4.57 Å². The molecule has 0 fully saturated rings. The summed E-state index contributed by atoms with van der Waals surface area (Å²) in [6.45, 7) is 6.38. The Kier molecular flexibility index (Phi) is 2.82. The van der Waals surface area contributed by atoms with Crippen LogP contribution in [-0.4, -0.2) is 10.9 Å². The minimum atomic E-state index is 0.384. The van der Waals surface area contributed by atoms with E-state index in [-0.39, 0.29) is 0 Å². The van der Waals surface area contributed by atoms with E-state index < -0.39 is 0 Å². The molecule has 0 unspecified atom stereocenters. The van der Waals surface area contributed by atoms with Crippen LogP contribution in [0.4, 0.5) is 0 Å². The molecular weight excluding hydrogens is 198 g/mol. The second-order valence-corrected chi connectivity index (χ2v) is 4.53. The van der Waals surface area contributed by atoms with Crippen molar-refractivity contribution in [2.75, 3.05) is 0 Å². The molecule has 0 bridgehead atoms. The van der Waals surface area contributed by atoms with E-state index in [4.69, 9.17) is 0 Å². The van der Waals surface area contributed by atoms with Crippen LogP contribution in [0.3, 0.4) is 0 Å². The number of carbonyl (C=O) groups excluding carboxylic acids is 1. The van der Waals surface area contributed by atoms with Gasteiger partial charge in [-0.05, 0) is 39.0 Å². The first-order valence-corrected chi connectivity index (χ1v) is 5.67. The van der Waals surface area contributed by atoms with Crippen LogP contribution in [0.2, 0.25) is 0 Å². The van der Waals surface area contributed by atoms with Gasteiger partial charge in [-0.15, -0.1) is 0 Å². The molecule has 2 nitrogen and oxygen atoms in total. The molecule has 2 heteroatoms. The summed E-state index contributed by atoms with van der Waals surface area (Å²) in [5.41, 5.74) is 3.58. The topological polar surface area (TPSA) is 22.0 Å². The number of aryl methyl sites for hydroxylation is 1. The average Bonchev–Trinajstić information content (AvgIpc) is 2.55. The standard InChI is InChI=1S/C14H17NO/c1-10(2)15-13(6-7-16)9-12-8-11(3)4-5-14(12)15/h4-5,7-10H,6H2,1-3H3. The molecular formula is C14H17NO. The molecule has 1 aromatic carbocycles. The van der Waals surface area contributed by atoms with Crippen molar-refractivity contribution < 1.29 is 4.79 Å². The highest BCUT2D eigenvalue weighted by atomic mass is 16.1. The van der Waals surface area contributed by atoms with Gasteiger partial charge in [-0.25, -0.2) is 0 Å². The van der Waals surface area contributed by atoms with Crippen LogP contribution in [0.1, 0.15) is 31.1 Å². The first-order chi connectivity index (χ1) is 7.63. The molecule has 2 rings (SSSR count). The highest BCUT2D eigenvalue weighted by Crippen LogP contribution is 2.25. The fraction of sp³-hybridized carbons (Fsp3) is 0.357. The molecule has 2 aromatic rings. The molecule has 0 saturated heterocycles. The Labute approximate surface area is 95.9 Å². The van der Waals surface area contributed by atoms with Crippen molar-refractivity contribution in [3.8, 4) is 0 Å². The molecule has 1 aromatic heterocycles. The zero-order chi connectivity index (χ0) is 11.7. The number of aldehydes is 1. The average molecular weight is 215 g/mol. The van der Waals surface area contributed by atoms with Gasteiger partial charge in [-0.2, -0.15) is 0 Å². The van der Waals surface area contributed by atoms with Crippen LogP contribution in [-0.2, 0) is 11.2 Å². The summed E-state index contributed by atoms with van der Waals surface area (Å²) in [4.78, 5) is 10.7. The highest BCUT2D eigenvalue weighted by Gasteiger charge is 2.10. The van der Waals surface area contributed by atoms with E-state index in [1.54, 1.807) is 0 Å². The zero-order valence-electron chi connectivity index (χ0n) is 10.0. The number of fused-ring (bicyclic) bond motifs is 1. The highest BCUT2D eigenvalue weighted by molar-refractivity contribution is 5.83. The number of hydrogen-bond donors (Lipinski definition) is 0. The van der Waals surface area contributed by atoms with Crippen molar-refractivity contribution in [3.05, 3.63) is 35.5 Å². The van der Waals surface area contributed by atoms with Gasteiger partial charge in [0.25, 0.3) is 0 Å². The van der Waals surface area contributed by atoms with Gasteiger partial charge >= 0.3 is 0 Å². The summed E-state index contributed by atoms with van der Waals surface area (Å²) in [6.07, 6.45) is 1.46. The maximum atomic E-state index is 10.7. The van der Waals surface area contributed by atoms with Crippen LogP contribution in [0.15, 0.2) is 24.3 Å². The van der Waals surface area contributed by atoms with E-state index in [9.17, 15) is 4.79 Å². The molecule has 0 amide bonds. The maximum absolute atomic E-state index is 10.7. The fourth-order valence-electron chi connectivity index (χ4n) is 2.27. The molecule has 84 valence electrons. The van der Waals surface area contributed by atoms with E-state index in [2.05, 4.69) is 49.6 Å². The molecule has 16 heavy (non-hydrogen) atoms. The van der Waals surface area contributed by atoms with Crippen molar-refractivity contribution in [2.45, 2.75) is 33.2 Å². The third-order valence-electron chi connectivity index (χ3n) is 2.88. The lowest BCUT2D eigenvalue weighted by molar-refractivity contribution is -0.107. The Hall–Kier alpha value is -1.57. The smallest absolute Gasteiger partial charge is 0.125 e. The van der Waals surface area contributed by atoms with E-state index in [0.29, 0.717) is 12.5 Å². The lowest BCUT2D eigenvalue weighted by atomic mass is 10.2. The number of hydrogen-bond acceptors (Lipinski definition) is 1. The van der Waals surface area contributed by atoms with Gasteiger partial charge < -0.3 is 9.36 Å². The molecule has 0 N–H and O–H groups in total. The van der Waals surface area contributed by atoms with Gasteiger partial charge in [0.2, 0.25) is 0 Å². The normalized spacial score (nSPS) is 11.2. The summed E-state index contributed by atoms with van der Waals surface area (Å²) in [6, 6.07) is 8.93. The fourth-order valence-corrected chi connectivity index (χ4v) is 2.27. The predicted octanol–water partition coefficient (Wildman–Crippen LogP) is 3.27. The van der Waals surface area contributed by atoms with Gasteiger partial charge in [0.15, 0.2) is 0 Å². The van der Waals surface area contributed by atoms with Crippen LogP contribution in [0.5, 0.6) is 0 Å². The summed E-state index contributed by atoms with van der Waals surface area (Å²) >= 11 is 0. The van der Waals surface area contributed by atoms with Gasteiger partial charge in [0.05, 0.1) is 0 Å². The summed E-state index contributed by atoms with van der Waals surface area (Å²) < 4.78 is 2.24. The Balaban J connectivity index is 2.70. The second-order valence-electron chi connectivity index (χ2n) is 4.53. The number of nitrogens with zero attached hydrogens (tertiary/aromatic N) is 1. The van der Waals surface area contributed by atoms with Gasteiger partial charge in [-0.1, -0.05) is 11.6 Å². The molecule has 0 radical (unpaired) electrons. The van der Waals surface area contributed by atoms with Gasteiger partial charge in [-0.3, -0.25) is 0 Å². The lowest BCUT2D eigenvalue weighted by Gasteiger charge is -2.13. The first kappa shape index (κ1) is 10.9. The van der Waals surface area contributed by atoms with E-state index >= 15 is 0 Å². The molecule has 0 aliphatic rings. The van der Waals surface area contributed by atoms with Crippen molar-refractivity contribution in [1.29, 1.82) is 0 Å². The van der Waals surface area contributed by atoms with Crippen LogP contribution in [0, 0.1) is 6.92 Å². The van der Waals surface area contributed by atoms with Gasteiger partial charge in [0, 0.05) is 29.1 Å². The predicted molar refractivity (Wildman–Crippen MR) is 66.8 cm³/mol. The Morgan fingerprint density at radius 1 is 1.31 bits per heavy atom. The Bertz CT molecular complexity index is 523. The van der Waals surface area contributed by atoms with E-state index in [1.807, 2.05) is 0 Å². The monoisotopic (exact) mass is 215 g/mol. The number of carbonyl (C=O) groups is 1. The number of aromatic nitrogens is 1. The van der Waals surface area contributed by atoms with Crippen molar-refractivity contribution in [3.63, 3.8) is 0 Å². The maximum Gasteiger partial charge on any atom is 0.125 e. The molecule has 0 aliphatic carbocycles. The SMILES string of the molecule is Cc1ccc2c(c1)cc(CC=O)n2C(C)C. The minimum Gasteiger partial charge on any atom is -0.342 e. The quantitative estimate of drug-likeness (QED) is 0.720. The second kappa shape index (κ2) is 4.12. The summed E-state index contributed by atoms with van der Waals surface area (Å²) in [7, 11) is 0. The van der Waals surface area contributed by atoms with Crippen molar-refractivity contribution >= 4 is 17.2 Å². The number of benzene rings is 1. The van der Waals surface area contributed by atoms with E-state index in [1.165, 1.54) is 16.5 Å². The summed E-state index contributed by atoms with van der Waals surface area (Å²) in [5.74, 6) is 0. The summed E-state index contributed by atoms with van der Waals surface area (Å²) in [5, 5.41) is 1.23. The van der Waals surface area contributed by atoms with Crippen LogP contribution < -0.4 is 0 Å². The molecule has 0 saturated carbocycles. The molecule has 1 heterocycles. The zero-order valence-corrected chi connectivity index (χ0v) is 10.0.